The normalized spacial score (nSPS) is 18.8. The Morgan fingerprint density at radius 3 is 3.00 bits per heavy atom. The summed E-state index contributed by atoms with van der Waals surface area (Å²) in [5.74, 6) is 0.576. The van der Waals surface area contributed by atoms with Gasteiger partial charge in [0.1, 0.15) is 11.0 Å². The Labute approximate surface area is 153 Å². The molecule has 0 aliphatic carbocycles. The Bertz CT molecular complexity index is 801. The molecule has 1 amide bonds. The van der Waals surface area contributed by atoms with Gasteiger partial charge in [-0.25, -0.2) is 13.4 Å². The lowest BCUT2D eigenvalue weighted by Gasteiger charge is -2.21. The van der Waals surface area contributed by atoms with Crippen molar-refractivity contribution in [3.05, 3.63) is 28.6 Å². The van der Waals surface area contributed by atoms with E-state index in [2.05, 4.69) is 10.3 Å². The van der Waals surface area contributed by atoms with Gasteiger partial charge in [0.2, 0.25) is 15.9 Å². The van der Waals surface area contributed by atoms with E-state index >= 15 is 0 Å². The van der Waals surface area contributed by atoms with Crippen LogP contribution in [0.2, 0.25) is 0 Å². The molecule has 24 heavy (non-hydrogen) atoms. The van der Waals surface area contributed by atoms with Gasteiger partial charge < -0.3 is 5.32 Å². The van der Waals surface area contributed by atoms with E-state index < -0.39 is 16.1 Å². The minimum atomic E-state index is -3.36. The van der Waals surface area contributed by atoms with Crippen molar-refractivity contribution in [1.29, 1.82) is 0 Å². The maximum atomic E-state index is 12.4. The predicted molar refractivity (Wildman–Crippen MR) is 99.7 cm³/mol. The van der Waals surface area contributed by atoms with Gasteiger partial charge in [-0.05, 0) is 18.4 Å². The highest BCUT2D eigenvalue weighted by Gasteiger charge is 2.38. The highest BCUT2D eigenvalue weighted by molar-refractivity contribution is 8.00. The number of amides is 1. The van der Waals surface area contributed by atoms with Gasteiger partial charge in [-0.1, -0.05) is 6.07 Å². The topological polar surface area (TPSA) is 79.4 Å². The van der Waals surface area contributed by atoms with Crippen LogP contribution in [0, 0.1) is 0 Å². The second-order valence-electron chi connectivity index (χ2n) is 5.14. The molecule has 6 nitrogen and oxygen atoms in total. The molecule has 1 aliphatic rings. The molecule has 0 spiro atoms. The fourth-order valence-corrected chi connectivity index (χ4v) is 6.77. The van der Waals surface area contributed by atoms with Crippen LogP contribution in [0.3, 0.4) is 0 Å². The Balaban J connectivity index is 1.61. The number of carbonyl (C=O) groups excluding carboxylic acids is 1. The van der Waals surface area contributed by atoms with Crippen LogP contribution >= 0.6 is 34.4 Å². The van der Waals surface area contributed by atoms with Crippen LogP contribution in [-0.4, -0.2) is 47.0 Å². The van der Waals surface area contributed by atoms with Crippen molar-refractivity contribution >= 4 is 50.4 Å². The van der Waals surface area contributed by atoms with Crippen LogP contribution in [0.4, 0.5) is 0 Å². The first-order valence-corrected chi connectivity index (χ1v) is 11.9. The minimum Gasteiger partial charge on any atom is -0.349 e. The van der Waals surface area contributed by atoms with Gasteiger partial charge in [-0.3, -0.25) is 4.79 Å². The summed E-state index contributed by atoms with van der Waals surface area (Å²) in [7, 11) is -3.36. The third-order valence-corrected chi connectivity index (χ3v) is 8.53. The summed E-state index contributed by atoms with van der Waals surface area (Å²) in [5.41, 5.74) is 0.785. The summed E-state index contributed by atoms with van der Waals surface area (Å²) >= 11 is 4.62. The zero-order chi connectivity index (χ0) is 17.2. The zero-order valence-electron chi connectivity index (χ0n) is 13.0. The van der Waals surface area contributed by atoms with Crippen molar-refractivity contribution < 1.29 is 13.2 Å². The van der Waals surface area contributed by atoms with Gasteiger partial charge in [0.25, 0.3) is 0 Å². The first kappa shape index (κ1) is 17.9. The Morgan fingerprint density at radius 2 is 2.29 bits per heavy atom. The third-order valence-electron chi connectivity index (χ3n) is 3.59. The van der Waals surface area contributed by atoms with E-state index in [1.807, 2.05) is 22.9 Å². The number of thioether (sulfide) groups is 1. The second-order valence-corrected chi connectivity index (χ2v) is 10.2. The number of rotatable bonds is 6. The Kier molecular flexibility index (Phi) is 5.60. The molecule has 1 N–H and O–H groups in total. The first-order valence-electron chi connectivity index (χ1n) is 7.34. The van der Waals surface area contributed by atoms with E-state index in [9.17, 15) is 13.2 Å². The largest absolute Gasteiger partial charge is 0.349 e. The second kappa shape index (κ2) is 7.52. The van der Waals surface area contributed by atoms with E-state index in [0.29, 0.717) is 18.2 Å². The van der Waals surface area contributed by atoms with Crippen LogP contribution in [0.5, 0.6) is 0 Å². The number of sulfonamides is 1. The Hall–Kier alpha value is -0.940. The van der Waals surface area contributed by atoms with Crippen molar-refractivity contribution in [2.24, 2.45) is 0 Å². The average molecular weight is 404 g/mol. The number of carbonyl (C=O) groups is 1. The van der Waals surface area contributed by atoms with Crippen LogP contribution < -0.4 is 5.32 Å². The molecule has 3 heterocycles. The maximum absolute atomic E-state index is 12.4. The fourth-order valence-electron chi connectivity index (χ4n) is 2.27. The lowest BCUT2D eigenvalue weighted by molar-refractivity contribution is -0.124. The number of thiophene rings is 1. The van der Waals surface area contributed by atoms with Gasteiger partial charge >= 0.3 is 0 Å². The molecular weight excluding hydrogens is 386 g/mol. The average Bonchev–Trinajstić information content (AvgIpc) is 3.33. The quantitative estimate of drug-likeness (QED) is 0.800. The van der Waals surface area contributed by atoms with E-state index in [0.717, 1.165) is 15.6 Å². The molecule has 2 aromatic rings. The molecule has 1 fully saturated rings. The lowest BCUT2D eigenvalue weighted by Crippen LogP contribution is -2.47. The number of nitrogens with one attached hydrogen (secondary N) is 1. The van der Waals surface area contributed by atoms with E-state index in [-0.39, 0.29) is 11.7 Å². The zero-order valence-corrected chi connectivity index (χ0v) is 16.2. The molecule has 0 unspecified atom stereocenters. The minimum absolute atomic E-state index is 0.00754. The molecule has 3 rings (SSSR count). The van der Waals surface area contributed by atoms with Crippen molar-refractivity contribution in [2.45, 2.75) is 19.5 Å². The standard InChI is InChI=1S/C14H17N3O3S4/c1-2-24(19,20)17-9-21-8-11(17)13(18)15-6-10-7-23-14(16-10)12-4-3-5-22-12/h3-5,7,11H,2,6,8-9H2,1H3,(H,15,18)/t11-/m1/s1. The van der Waals surface area contributed by atoms with Crippen LogP contribution in [-0.2, 0) is 21.4 Å². The number of hydrogen-bond donors (Lipinski definition) is 1. The molecule has 0 aromatic carbocycles. The number of hydrogen-bond acceptors (Lipinski definition) is 7. The number of nitrogens with zero attached hydrogens (tertiary/aromatic N) is 2. The van der Waals surface area contributed by atoms with Crippen LogP contribution in [0.15, 0.2) is 22.9 Å². The highest BCUT2D eigenvalue weighted by atomic mass is 32.2. The highest BCUT2D eigenvalue weighted by Crippen LogP contribution is 2.28. The smallest absolute Gasteiger partial charge is 0.239 e. The summed E-state index contributed by atoms with van der Waals surface area (Å²) in [5, 5.41) is 7.66. The van der Waals surface area contributed by atoms with Crippen molar-refractivity contribution in [3.8, 4) is 9.88 Å². The van der Waals surface area contributed by atoms with Crippen LogP contribution in [0.25, 0.3) is 9.88 Å². The van der Waals surface area contributed by atoms with E-state index in [1.165, 1.54) is 27.4 Å². The summed E-state index contributed by atoms with van der Waals surface area (Å²) in [6.45, 7) is 1.90. The maximum Gasteiger partial charge on any atom is 0.239 e. The third kappa shape index (κ3) is 3.83. The molecule has 2 aromatic heterocycles. The van der Waals surface area contributed by atoms with E-state index in [1.54, 1.807) is 18.3 Å². The number of aromatic nitrogens is 1. The number of thiazole rings is 1. The Morgan fingerprint density at radius 1 is 1.46 bits per heavy atom. The molecule has 0 bridgehead atoms. The van der Waals surface area contributed by atoms with Gasteiger partial charge in [0, 0.05) is 11.1 Å². The molecule has 1 atom stereocenters. The molecule has 0 saturated carbocycles. The van der Waals surface area contributed by atoms with Gasteiger partial charge in [0.15, 0.2) is 0 Å². The van der Waals surface area contributed by atoms with Crippen molar-refractivity contribution in [2.75, 3.05) is 17.4 Å². The van der Waals surface area contributed by atoms with Gasteiger partial charge in [0.05, 0.1) is 28.7 Å². The summed E-state index contributed by atoms with van der Waals surface area (Å²) in [6, 6.07) is 3.36. The molecule has 130 valence electrons. The SMILES string of the molecule is CCS(=O)(=O)N1CSC[C@@H]1C(=O)NCc1csc(-c2cccs2)n1. The summed E-state index contributed by atoms with van der Waals surface area (Å²) < 4.78 is 25.4. The predicted octanol–water partition coefficient (Wildman–Crippen LogP) is 2.21. The van der Waals surface area contributed by atoms with Crippen LogP contribution in [0.1, 0.15) is 12.6 Å². The van der Waals surface area contributed by atoms with Crippen molar-refractivity contribution in [1.82, 2.24) is 14.6 Å². The molecule has 10 heteroatoms. The summed E-state index contributed by atoms with van der Waals surface area (Å²) in [4.78, 5) is 18.0. The van der Waals surface area contributed by atoms with E-state index in [4.69, 9.17) is 0 Å². The molecule has 1 saturated heterocycles. The lowest BCUT2D eigenvalue weighted by atomic mass is 10.3. The monoisotopic (exact) mass is 403 g/mol. The van der Waals surface area contributed by atoms with Gasteiger partial charge in [-0.2, -0.15) is 4.31 Å². The first-order chi connectivity index (χ1) is 11.5. The molecular formula is C14H17N3O3S4. The molecule has 1 aliphatic heterocycles. The van der Waals surface area contributed by atoms with Gasteiger partial charge in [-0.15, -0.1) is 34.4 Å². The fraction of sp³-hybridized carbons (Fsp3) is 0.429. The summed E-state index contributed by atoms with van der Waals surface area (Å²) in [6.07, 6.45) is 0. The molecule has 0 radical (unpaired) electrons. The van der Waals surface area contributed by atoms with Crippen molar-refractivity contribution in [3.63, 3.8) is 0 Å².